The summed E-state index contributed by atoms with van der Waals surface area (Å²) in [5.41, 5.74) is 5.83. The van der Waals surface area contributed by atoms with Crippen LogP contribution in [0.3, 0.4) is 0 Å². The number of aromatic nitrogens is 3. The minimum absolute atomic E-state index is 0.0249. The zero-order valence-electron chi connectivity index (χ0n) is 11.5. The number of nitrogens with zero attached hydrogens (tertiary/aromatic N) is 3. The molecule has 0 bridgehead atoms. The topological polar surface area (TPSA) is 73.9 Å². The summed E-state index contributed by atoms with van der Waals surface area (Å²) >= 11 is 0. The lowest BCUT2D eigenvalue weighted by molar-refractivity contribution is 0.0287. The molecule has 1 heterocycles. The Kier molecular flexibility index (Phi) is 3.64. The van der Waals surface area contributed by atoms with Gasteiger partial charge in [-0.1, -0.05) is 19.3 Å². The second kappa shape index (κ2) is 5.41. The number of rotatable bonds is 4. The predicted molar refractivity (Wildman–Crippen MR) is 72.5 cm³/mol. The molecule has 0 amide bonds. The van der Waals surface area contributed by atoms with Crippen molar-refractivity contribution in [2.24, 2.45) is 5.92 Å². The highest BCUT2D eigenvalue weighted by Gasteiger charge is 2.31. The molecule has 2 aliphatic rings. The van der Waals surface area contributed by atoms with E-state index in [0.29, 0.717) is 17.8 Å². The summed E-state index contributed by atoms with van der Waals surface area (Å²) in [7, 11) is 1.75. The predicted octanol–water partition coefficient (Wildman–Crippen LogP) is 2.60. The SMILES string of the molecule is COC(c1nc(N)nc(C2CC2)n1)C1CCCCC1. The molecule has 2 N–H and O–H groups in total. The average Bonchev–Trinajstić information content (AvgIpc) is 3.24. The highest BCUT2D eigenvalue weighted by Crippen LogP contribution is 2.40. The van der Waals surface area contributed by atoms with Crippen molar-refractivity contribution in [3.8, 4) is 0 Å². The molecule has 104 valence electrons. The molecule has 0 aliphatic heterocycles. The first kappa shape index (κ1) is 12.8. The monoisotopic (exact) mass is 262 g/mol. The zero-order chi connectivity index (χ0) is 13.2. The average molecular weight is 262 g/mol. The van der Waals surface area contributed by atoms with Crippen molar-refractivity contribution in [2.75, 3.05) is 12.8 Å². The Labute approximate surface area is 114 Å². The van der Waals surface area contributed by atoms with Crippen molar-refractivity contribution >= 4 is 5.95 Å². The number of hydrogen-bond donors (Lipinski definition) is 1. The number of anilines is 1. The number of nitrogens with two attached hydrogens (primary N) is 1. The standard InChI is InChI=1S/C14H22N4O/c1-19-11(9-5-3-2-4-6-9)13-16-12(10-7-8-10)17-14(15)18-13/h9-11H,2-8H2,1H3,(H2,15,16,17,18). The van der Waals surface area contributed by atoms with Gasteiger partial charge in [0.15, 0.2) is 5.82 Å². The molecule has 2 aliphatic carbocycles. The van der Waals surface area contributed by atoms with Gasteiger partial charge < -0.3 is 10.5 Å². The van der Waals surface area contributed by atoms with Crippen LogP contribution < -0.4 is 5.73 Å². The van der Waals surface area contributed by atoms with E-state index in [1.165, 1.54) is 44.9 Å². The lowest BCUT2D eigenvalue weighted by atomic mass is 9.85. The Hall–Kier alpha value is -1.23. The third-order valence-electron chi connectivity index (χ3n) is 4.22. The van der Waals surface area contributed by atoms with Gasteiger partial charge in [-0.2, -0.15) is 9.97 Å². The van der Waals surface area contributed by atoms with Crippen molar-refractivity contribution < 1.29 is 4.74 Å². The molecule has 1 atom stereocenters. The zero-order valence-corrected chi connectivity index (χ0v) is 11.5. The maximum atomic E-state index is 5.83. The largest absolute Gasteiger partial charge is 0.373 e. The Morgan fingerprint density at radius 2 is 1.79 bits per heavy atom. The minimum atomic E-state index is -0.0249. The molecule has 0 aromatic carbocycles. The number of methoxy groups -OCH3 is 1. The van der Waals surface area contributed by atoms with Crippen molar-refractivity contribution in [3.05, 3.63) is 11.6 Å². The van der Waals surface area contributed by atoms with Crippen LogP contribution in [0.25, 0.3) is 0 Å². The second-order valence-corrected chi connectivity index (χ2v) is 5.74. The maximum Gasteiger partial charge on any atom is 0.223 e. The summed E-state index contributed by atoms with van der Waals surface area (Å²) in [6.45, 7) is 0. The van der Waals surface area contributed by atoms with Crippen LogP contribution >= 0.6 is 0 Å². The third kappa shape index (κ3) is 2.86. The third-order valence-corrected chi connectivity index (χ3v) is 4.22. The van der Waals surface area contributed by atoms with E-state index in [-0.39, 0.29) is 6.10 Å². The summed E-state index contributed by atoms with van der Waals surface area (Å²) in [5, 5.41) is 0. The molecule has 1 unspecified atom stereocenters. The van der Waals surface area contributed by atoms with Gasteiger partial charge in [0, 0.05) is 13.0 Å². The quantitative estimate of drug-likeness (QED) is 0.902. The van der Waals surface area contributed by atoms with E-state index in [9.17, 15) is 0 Å². The Bertz CT molecular complexity index is 441. The van der Waals surface area contributed by atoms with Crippen LogP contribution in [-0.2, 0) is 4.74 Å². The Balaban J connectivity index is 1.84. The first-order valence-corrected chi connectivity index (χ1v) is 7.32. The fraction of sp³-hybridized carbons (Fsp3) is 0.786. The number of hydrogen-bond acceptors (Lipinski definition) is 5. The van der Waals surface area contributed by atoms with E-state index in [0.717, 1.165) is 11.6 Å². The van der Waals surface area contributed by atoms with E-state index < -0.39 is 0 Å². The highest BCUT2D eigenvalue weighted by molar-refractivity contribution is 5.20. The van der Waals surface area contributed by atoms with Crippen LogP contribution in [0.4, 0.5) is 5.95 Å². The van der Waals surface area contributed by atoms with E-state index in [1.54, 1.807) is 7.11 Å². The molecule has 2 fully saturated rings. The lowest BCUT2D eigenvalue weighted by Crippen LogP contribution is -2.21. The lowest BCUT2D eigenvalue weighted by Gasteiger charge is -2.28. The van der Waals surface area contributed by atoms with E-state index in [1.807, 2.05) is 0 Å². The van der Waals surface area contributed by atoms with Gasteiger partial charge in [0.05, 0.1) is 0 Å². The molecule has 0 spiro atoms. The molecule has 5 heteroatoms. The molecule has 5 nitrogen and oxygen atoms in total. The van der Waals surface area contributed by atoms with Gasteiger partial charge in [-0.3, -0.25) is 0 Å². The molecule has 1 aromatic heterocycles. The number of ether oxygens (including phenoxy) is 1. The van der Waals surface area contributed by atoms with Gasteiger partial charge in [0.25, 0.3) is 0 Å². The fourth-order valence-corrected chi connectivity index (χ4v) is 3.02. The van der Waals surface area contributed by atoms with Crippen molar-refractivity contribution in [2.45, 2.75) is 57.0 Å². The van der Waals surface area contributed by atoms with Crippen molar-refractivity contribution in [1.82, 2.24) is 15.0 Å². The van der Waals surface area contributed by atoms with E-state index >= 15 is 0 Å². The first-order chi connectivity index (χ1) is 9.28. The second-order valence-electron chi connectivity index (χ2n) is 5.74. The Morgan fingerprint density at radius 1 is 1.05 bits per heavy atom. The summed E-state index contributed by atoms with van der Waals surface area (Å²) in [6, 6.07) is 0. The molecule has 0 saturated heterocycles. The summed E-state index contributed by atoms with van der Waals surface area (Å²) < 4.78 is 5.68. The molecule has 3 rings (SSSR count). The summed E-state index contributed by atoms with van der Waals surface area (Å²) in [4.78, 5) is 13.2. The van der Waals surface area contributed by atoms with Crippen molar-refractivity contribution in [3.63, 3.8) is 0 Å². The number of nitrogen functional groups attached to an aromatic ring is 1. The molecule has 2 saturated carbocycles. The minimum Gasteiger partial charge on any atom is -0.373 e. The van der Waals surface area contributed by atoms with Gasteiger partial charge in [0.1, 0.15) is 11.9 Å². The van der Waals surface area contributed by atoms with Gasteiger partial charge in [-0.15, -0.1) is 0 Å². The van der Waals surface area contributed by atoms with Crippen LogP contribution in [0.1, 0.15) is 68.6 Å². The summed E-state index contributed by atoms with van der Waals surface area (Å²) in [6.07, 6.45) is 8.60. The Morgan fingerprint density at radius 3 is 2.42 bits per heavy atom. The summed E-state index contributed by atoms with van der Waals surface area (Å²) in [5.74, 6) is 2.95. The molecule has 0 radical (unpaired) electrons. The molecule has 19 heavy (non-hydrogen) atoms. The van der Waals surface area contributed by atoms with Crippen LogP contribution in [0, 0.1) is 5.92 Å². The first-order valence-electron chi connectivity index (χ1n) is 7.32. The van der Waals surface area contributed by atoms with Gasteiger partial charge in [0.2, 0.25) is 5.95 Å². The highest BCUT2D eigenvalue weighted by atomic mass is 16.5. The van der Waals surface area contributed by atoms with Crippen LogP contribution in [-0.4, -0.2) is 22.1 Å². The van der Waals surface area contributed by atoms with Gasteiger partial charge in [-0.25, -0.2) is 4.98 Å². The molecular weight excluding hydrogens is 240 g/mol. The normalized spacial score (nSPS) is 22.4. The van der Waals surface area contributed by atoms with E-state index in [4.69, 9.17) is 10.5 Å². The fourth-order valence-electron chi connectivity index (χ4n) is 3.02. The van der Waals surface area contributed by atoms with Gasteiger partial charge >= 0.3 is 0 Å². The van der Waals surface area contributed by atoms with Crippen LogP contribution in [0.5, 0.6) is 0 Å². The maximum absolute atomic E-state index is 5.83. The smallest absolute Gasteiger partial charge is 0.223 e. The van der Waals surface area contributed by atoms with Gasteiger partial charge in [-0.05, 0) is 31.6 Å². The van der Waals surface area contributed by atoms with E-state index in [2.05, 4.69) is 15.0 Å². The molecule has 1 aromatic rings. The van der Waals surface area contributed by atoms with Crippen molar-refractivity contribution in [1.29, 1.82) is 0 Å². The van der Waals surface area contributed by atoms with Crippen LogP contribution in [0.2, 0.25) is 0 Å². The molecular formula is C14H22N4O. The van der Waals surface area contributed by atoms with Crippen LogP contribution in [0.15, 0.2) is 0 Å².